The first-order chi connectivity index (χ1) is 21.0. The standard InChI is InChI=1S/C26H43Cl2N6O9PS/c1-8-39-21-18-20(31-24(29)32-21)34(13-30-18)22-26(27,28)19(35)17(43-22)12-42-44(37,33-16(4)11-38-14-40-15(2)3)41-9-10-45-23(36)25(5,6)7/h13,15-17,19,22,35H,8-12,14H2,1-7H3,(H,33,37)(H2,29,31,32). The largest absolute Gasteiger partial charge is 0.476 e. The number of halogens is 2. The van der Waals surface area contributed by atoms with Gasteiger partial charge < -0.3 is 29.8 Å². The lowest BCUT2D eigenvalue weighted by atomic mass is 10.00. The molecule has 2 aromatic heterocycles. The lowest BCUT2D eigenvalue weighted by Gasteiger charge is -2.25. The second-order valence-electron chi connectivity index (χ2n) is 11.5. The summed E-state index contributed by atoms with van der Waals surface area (Å²) >= 11 is 14.3. The van der Waals surface area contributed by atoms with Gasteiger partial charge in [0.15, 0.2) is 26.8 Å². The number of hydrogen-bond acceptors (Lipinski definition) is 14. The highest BCUT2D eigenvalue weighted by molar-refractivity contribution is 8.13. The van der Waals surface area contributed by atoms with E-state index in [4.69, 9.17) is 56.9 Å². The zero-order valence-electron chi connectivity index (χ0n) is 26.4. The van der Waals surface area contributed by atoms with E-state index in [0.29, 0.717) is 6.61 Å². The summed E-state index contributed by atoms with van der Waals surface area (Å²) in [4.78, 5) is 24.9. The minimum atomic E-state index is -4.05. The van der Waals surface area contributed by atoms with Crippen molar-refractivity contribution in [2.45, 2.75) is 83.4 Å². The molecule has 1 aliphatic rings. The smallest absolute Gasteiger partial charge is 0.405 e. The van der Waals surface area contributed by atoms with E-state index in [1.54, 1.807) is 13.8 Å². The van der Waals surface area contributed by atoms with Crippen LogP contribution in [0.15, 0.2) is 6.33 Å². The fraction of sp³-hybridized carbons (Fsp3) is 0.769. The van der Waals surface area contributed by atoms with Crippen LogP contribution in [0.3, 0.4) is 0 Å². The Labute approximate surface area is 277 Å². The highest BCUT2D eigenvalue weighted by atomic mass is 35.5. The molecule has 3 heterocycles. The zero-order chi connectivity index (χ0) is 33.6. The van der Waals surface area contributed by atoms with Crippen molar-refractivity contribution >= 4 is 64.9 Å². The van der Waals surface area contributed by atoms with E-state index < -0.39 is 48.6 Å². The number of nitrogens with two attached hydrogens (primary N) is 1. The second kappa shape index (κ2) is 16.2. The number of nitrogens with one attached hydrogen (secondary N) is 1. The molecule has 1 aliphatic heterocycles. The zero-order valence-corrected chi connectivity index (χ0v) is 29.6. The topological polar surface area (TPSA) is 191 Å². The van der Waals surface area contributed by atoms with Gasteiger partial charge >= 0.3 is 7.75 Å². The van der Waals surface area contributed by atoms with E-state index in [1.165, 1.54) is 10.9 Å². The number of fused-ring (bicyclic) bond motifs is 1. The van der Waals surface area contributed by atoms with Crippen LogP contribution in [0.5, 0.6) is 5.88 Å². The summed E-state index contributed by atoms with van der Waals surface area (Å²) in [6, 6.07) is -0.500. The van der Waals surface area contributed by atoms with Crippen LogP contribution < -0.4 is 15.6 Å². The van der Waals surface area contributed by atoms with Crippen molar-refractivity contribution in [2.75, 3.05) is 44.7 Å². The summed E-state index contributed by atoms with van der Waals surface area (Å²) in [6.45, 7) is 12.7. The number of ether oxygens (including phenoxy) is 4. The predicted octanol–water partition coefficient (Wildman–Crippen LogP) is 4.06. The van der Waals surface area contributed by atoms with Gasteiger partial charge in [-0.2, -0.15) is 9.97 Å². The molecule has 15 nitrogen and oxygen atoms in total. The molecule has 4 N–H and O–H groups in total. The molecule has 0 saturated carbocycles. The van der Waals surface area contributed by atoms with E-state index in [-0.39, 0.29) is 60.0 Å². The van der Waals surface area contributed by atoms with Crippen molar-refractivity contribution in [3.05, 3.63) is 6.33 Å². The Morgan fingerprint density at radius 3 is 2.64 bits per heavy atom. The minimum Gasteiger partial charge on any atom is -0.476 e. The van der Waals surface area contributed by atoms with E-state index in [1.807, 2.05) is 34.6 Å². The van der Waals surface area contributed by atoms with Crippen LogP contribution in [-0.4, -0.2) is 97.4 Å². The number of carbonyl (C=O) groups is 1. The molecule has 1 fully saturated rings. The van der Waals surface area contributed by atoms with Gasteiger partial charge in [-0.25, -0.2) is 14.6 Å². The van der Waals surface area contributed by atoms with E-state index in [0.717, 1.165) is 11.8 Å². The Kier molecular flexibility index (Phi) is 13.7. The normalized spacial score (nSPS) is 22.2. The first-order valence-electron chi connectivity index (χ1n) is 14.4. The molecular formula is C26H43Cl2N6O9PS. The van der Waals surface area contributed by atoms with Crippen LogP contribution in [0.25, 0.3) is 11.2 Å². The number of aliphatic hydroxyl groups is 1. The SMILES string of the molecule is CCOc1nc(N)nc2c1ncn2C1OC(COP(=O)(NC(C)COCOC(C)C)OCCSC(=O)C(C)(C)C)C(O)C1(Cl)Cl. The monoisotopic (exact) mass is 716 g/mol. The van der Waals surface area contributed by atoms with Crippen LogP contribution in [0, 0.1) is 5.41 Å². The molecule has 5 unspecified atom stereocenters. The number of nitrogens with zero attached hydrogens (tertiary/aromatic N) is 4. The number of nitrogen functional groups attached to an aromatic ring is 1. The third-order valence-corrected chi connectivity index (χ3v) is 9.98. The number of thioether (sulfide) groups is 1. The fourth-order valence-electron chi connectivity index (χ4n) is 3.93. The van der Waals surface area contributed by atoms with Crippen molar-refractivity contribution in [1.82, 2.24) is 24.6 Å². The number of anilines is 1. The number of imidazole rings is 1. The number of alkyl halides is 2. The minimum absolute atomic E-state index is 0.0196. The molecule has 0 aliphatic carbocycles. The Bertz CT molecular complexity index is 1330. The maximum Gasteiger partial charge on any atom is 0.405 e. The number of aliphatic hydroxyl groups excluding tert-OH is 1. The summed E-state index contributed by atoms with van der Waals surface area (Å²) in [5, 5.41) is 13.8. The molecule has 256 valence electrons. The molecule has 45 heavy (non-hydrogen) atoms. The first kappa shape index (κ1) is 38.2. The van der Waals surface area contributed by atoms with Crippen molar-refractivity contribution in [3.63, 3.8) is 0 Å². The highest BCUT2D eigenvalue weighted by Gasteiger charge is 2.56. The molecule has 0 bridgehead atoms. The highest BCUT2D eigenvalue weighted by Crippen LogP contribution is 2.50. The van der Waals surface area contributed by atoms with Crippen molar-refractivity contribution < 1.29 is 42.5 Å². The van der Waals surface area contributed by atoms with Gasteiger partial charge in [0.05, 0.1) is 38.9 Å². The van der Waals surface area contributed by atoms with Crippen LogP contribution in [0.4, 0.5) is 5.95 Å². The first-order valence-corrected chi connectivity index (χ1v) is 17.6. The molecule has 0 amide bonds. The van der Waals surface area contributed by atoms with Gasteiger partial charge in [0.2, 0.25) is 11.8 Å². The van der Waals surface area contributed by atoms with Crippen molar-refractivity contribution in [3.8, 4) is 5.88 Å². The second-order valence-corrected chi connectivity index (χ2v) is 15.8. The molecule has 0 radical (unpaired) electrons. The van der Waals surface area contributed by atoms with E-state index >= 15 is 0 Å². The van der Waals surface area contributed by atoms with Crippen LogP contribution in [0.2, 0.25) is 0 Å². The average Bonchev–Trinajstić information content (AvgIpc) is 3.45. The van der Waals surface area contributed by atoms with Gasteiger partial charge in [-0.1, -0.05) is 55.7 Å². The maximum absolute atomic E-state index is 13.9. The number of hydrogen-bond donors (Lipinski definition) is 3. The lowest BCUT2D eigenvalue weighted by molar-refractivity contribution is -0.117. The molecular weight excluding hydrogens is 674 g/mol. The van der Waals surface area contributed by atoms with Gasteiger partial charge in [0.25, 0.3) is 0 Å². The predicted molar refractivity (Wildman–Crippen MR) is 171 cm³/mol. The van der Waals surface area contributed by atoms with Gasteiger partial charge in [-0.05, 0) is 27.7 Å². The Morgan fingerprint density at radius 2 is 2.00 bits per heavy atom. The summed E-state index contributed by atoms with van der Waals surface area (Å²) < 4.78 is 47.1. The van der Waals surface area contributed by atoms with Gasteiger partial charge in [0.1, 0.15) is 19.0 Å². The number of aromatic nitrogens is 4. The van der Waals surface area contributed by atoms with Crippen LogP contribution in [-0.2, 0) is 32.6 Å². The summed E-state index contributed by atoms with van der Waals surface area (Å²) in [7, 11) is -4.05. The molecule has 2 aromatic rings. The van der Waals surface area contributed by atoms with Crippen molar-refractivity contribution in [1.29, 1.82) is 0 Å². The molecule has 5 atom stereocenters. The van der Waals surface area contributed by atoms with Crippen LogP contribution in [0.1, 0.15) is 54.7 Å². The molecule has 0 aromatic carbocycles. The third kappa shape index (κ3) is 10.3. The Morgan fingerprint density at radius 1 is 1.29 bits per heavy atom. The third-order valence-electron chi connectivity index (χ3n) is 6.15. The number of carbonyl (C=O) groups excluding carboxylic acids is 1. The fourth-order valence-corrected chi connectivity index (χ4v) is 6.95. The molecule has 1 saturated heterocycles. The maximum atomic E-state index is 13.9. The molecule has 0 spiro atoms. The summed E-state index contributed by atoms with van der Waals surface area (Å²) in [5.41, 5.74) is 5.82. The van der Waals surface area contributed by atoms with E-state index in [2.05, 4.69) is 20.0 Å². The summed E-state index contributed by atoms with van der Waals surface area (Å²) in [6.07, 6.45) is -2.53. The molecule has 3 rings (SSSR count). The van der Waals surface area contributed by atoms with Crippen molar-refractivity contribution in [2.24, 2.45) is 5.41 Å². The van der Waals surface area contributed by atoms with E-state index in [9.17, 15) is 14.5 Å². The Hall–Kier alpha value is -1.30. The number of rotatable bonds is 17. The summed E-state index contributed by atoms with van der Waals surface area (Å²) in [5.74, 6) is 0.311. The molecule has 19 heteroatoms. The van der Waals surface area contributed by atoms with Gasteiger partial charge in [-0.3, -0.25) is 18.4 Å². The van der Waals surface area contributed by atoms with Gasteiger partial charge in [0, 0.05) is 17.2 Å². The lowest BCUT2D eigenvalue weighted by Crippen LogP contribution is -2.38. The quantitative estimate of drug-likeness (QED) is 0.0918. The van der Waals surface area contributed by atoms with Gasteiger partial charge in [-0.15, -0.1) is 0 Å². The van der Waals surface area contributed by atoms with Crippen LogP contribution >= 0.6 is 42.7 Å². The Balaban J connectivity index is 1.73. The average molecular weight is 718 g/mol.